The van der Waals surface area contributed by atoms with Gasteiger partial charge >= 0.3 is 0 Å². The Balaban J connectivity index is 2.46. The van der Waals surface area contributed by atoms with Crippen LogP contribution in [0.1, 0.15) is 22.4 Å². The van der Waals surface area contributed by atoms with E-state index in [1.807, 2.05) is 45.0 Å². The van der Waals surface area contributed by atoms with Crippen molar-refractivity contribution in [1.29, 1.82) is 5.41 Å². The highest BCUT2D eigenvalue weighted by molar-refractivity contribution is 5.98. The SMILES string of the molecule is Cc1cccc(Oc2nnc(C)c(C)c2C(=N)N)c1. The molecule has 2 rings (SSSR count). The molecule has 0 spiro atoms. The fourth-order valence-corrected chi connectivity index (χ4v) is 1.77. The highest BCUT2D eigenvalue weighted by atomic mass is 16.5. The number of nitrogens with one attached hydrogen (secondary N) is 1. The van der Waals surface area contributed by atoms with E-state index in [1.54, 1.807) is 0 Å². The van der Waals surface area contributed by atoms with Crippen LogP contribution in [0.2, 0.25) is 0 Å². The zero-order valence-corrected chi connectivity index (χ0v) is 11.2. The monoisotopic (exact) mass is 256 g/mol. The maximum atomic E-state index is 7.65. The van der Waals surface area contributed by atoms with E-state index >= 15 is 0 Å². The third kappa shape index (κ3) is 2.70. The minimum absolute atomic E-state index is 0.0712. The average molecular weight is 256 g/mol. The van der Waals surface area contributed by atoms with Crippen molar-refractivity contribution in [3.05, 3.63) is 46.6 Å². The third-order valence-electron chi connectivity index (χ3n) is 2.90. The van der Waals surface area contributed by atoms with Gasteiger partial charge in [-0.05, 0) is 44.0 Å². The van der Waals surface area contributed by atoms with Crippen LogP contribution in [0.4, 0.5) is 0 Å². The summed E-state index contributed by atoms with van der Waals surface area (Å²) in [6.45, 7) is 5.65. The minimum Gasteiger partial charge on any atom is -0.437 e. The number of ether oxygens (including phenoxy) is 1. The van der Waals surface area contributed by atoms with Gasteiger partial charge in [0.05, 0.1) is 11.3 Å². The first kappa shape index (κ1) is 13.0. The summed E-state index contributed by atoms with van der Waals surface area (Å²) >= 11 is 0. The van der Waals surface area contributed by atoms with Crippen LogP contribution in [0.5, 0.6) is 11.6 Å². The van der Waals surface area contributed by atoms with E-state index in [0.29, 0.717) is 11.3 Å². The lowest BCUT2D eigenvalue weighted by atomic mass is 10.1. The second kappa shape index (κ2) is 5.06. The minimum atomic E-state index is -0.0712. The lowest BCUT2D eigenvalue weighted by Gasteiger charge is -2.12. The topological polar surface area (TPSA) is 84.9 Å². The van der Waals surface area contributed by atoms with Gasteiger partial charge < -0.3 is 10.5 Å². The summed E-state index contributed by atoms with van der Waals surface area (Å²) in [5.41, 5.74) is 8.73. The van der Waals surface area contributed by atoms with E-state index in [-0.39, 0.29) is 11.7 Å². The normalized spacial score (nSPS) is 10.3. The first-order valence-corrected chi connectivity index (χ1v) is 5.92. The Kier molecular flexibility index (Phi) is 3.46. The van der Waals surface area contributed by atoms with Crippen molar-refractivity contribution in [3.63, 3.8) is 0 Å². The summed E-state index contributed by atoms with van der Waals surface area (Å²) in [5.74, 6) is 0.847. The van der Waals surface area contributed by atoms with Gasteiger partial charge in [-0.15, -0.1) is 5.10 Å². The molecule has 0 fully saturated rings. The van der Waals surface area contributed by atoms with Crippen molar-refractivity contribution in [2.75, 3.05) is 0 Å². The molecule has 2 aromatic rings. The van der Waals surface area contributed by atoms with E-state index in [2.05, 4.69) is 10.2 Å². The van der Waals surface area contributed by atoms with Crippen molar-refractivity contribution in [2.45, 2.75) is 20.8 Å². The quantitative estimate of drug-likeness (QED) is 0.652. The lowest BCUT2D eigenvalue weighted by Crippen LogP contribution is -2.16. The van der Waals surface area contributed by atoms with E-state index in [0.717, 1.165) is 16.8 Å². The zero-order valence-electron chi connectivity index (χ0n) is 11.2. The number of amidine groups is 1. The second-order valence-corrected chi connectivity index (χ2v) is 4.42. The van der Waals surface area contributed by atoms with Gasteiger partial charge in [-0.2, -0.15) is 5.10 Å². The number of aromatic nitrogens is 2. The Morgan fingerprint density at radius 3 is 2.58 bits per heavy atom. The predicted octanol–water partition coefficient (Wildman–Crippen LogP) is 2.48. The second-order valence-electron chi connectivity index (χ2n) is 4.42. The lowest BCUT2D eigenvalue weighted by molar-refractivity contribution is 0.452. The maximum Gasteiger partial charge on any atom is 0.250 e. The van der Waals surface area contributed by atoms with Crippen molar-refractivity contribution in [2.24, 2.45) is 5.73 Å². The van der Waals surface area contributed by atoms with Gasteiger partial charge in [-0.1, -0.05) is 12.1 Å². The number of nitrogens with zero attached hydrogens (tertiary/aromatic N) is 2. The molecule has 0 amide bonds. The fourth-order valence-electron chi connectivity index (χ4n) is 1.77. The highest BCUT2D eigenvalue weighted by Crippen LogP contribution is 2.25. The summed E-state index contributed by atoms with van der Waals surface area (Å²) < 4.78 is 5.69. The molecule has 98 valence electrons. The van der Waals surface area contributed by atoms with E-state index in [9.17, 15) is 0 Å². The molecule has 0 bridgehead atoms. The smallest absolute Gasteiger partial charge is 0.250 e. The average Bonchev–Trinajstić information content (AvgIpc) is 2.33. The van der Waals surface area contributed by atoms with Crippen LogP contribution in [-0.2, 0) is 0 Å². The molecule has 1 aromatic carbocycles. The Labute approximate surface area is 111 Å². The number of benzene rings is 1. The molecule has 0 radical (unpaired) electrons. The van der Waals surface area contributed by atoms with Crippen LogP contribution in [0.15, 0.2) is 24.3 Å². The van der Waals surface area contributed by atoms with Crippen LogP contribution in [0.3, 0.4) is 0 Å². The summed E-state index contributed by atoms with van der Waals surface area (Å²) in [7, 11) is 0. The fraction of sp³-hybridized carbons (Fsp3) is 0.214. The molecule has 0 saturated heterocycles. The zero-order chi connectivity index (χ0) is 14.0. The van der Waals surface area contributed by atoms with E-state index in [1.165, 1.54) is 0 Å². The van der Waals surface area contributed by atoms with E-state index in [4.69, 9.17) is 15.9 Å². The van der Waals surface area contributed by atoms with Gasteiger partial charge in [0.2, 0.25) is 5.88 Å². The molecule has 5 heteroatoms. The molecule has 19 heavy (non-hydrogen) atoms. The van der Waals surface area contributed by atoms with Crippen molar-refractivity contribution in [1.82, 2.24) is 10.2 Å². The first-order valence-electron chi connectivity index (χ1n) is 5.92. The Hall–Kier alpha value is -2.43. The van der Waals surface area contributed by atoms with Gasteiger partial charge in [0.15, 0.2) is 0 Å². The summed E-state index contributed by atoms with van der Waals surface area (Å²) in [5, 5.41) is 15.7. The first-order chi connectivity index (χ1) is 8.99. The molecular weight excluding hydrogens is 240 g/mol. The van der Waals surface area contributed by atoms with Crippen molar-refractivity contribution in [3.8, 4) is 11.6 Å². The molecule has 0 saturated carbocycles. The Morgan fingerprint density at radius 1 is 1.21 bits per heavy atom. The molecule has 0 aliphatic rings. The van der Waals surface area contributed by atoms with Gasteiger partial charge in [0, 0.05) is 0 Å². The summed E-state index contributed by atoms with van der Waals surface area (Å²) in [6, 6.07) is 7.59. The highest BCUT2D eigenvalue weighted by Gasteiger charge is 2.15. The maximum absolute atomic E-state index is 7.65. The summed E-state index contributed by atoms with van der Waals surface area (Å²) in [4.78, 5) is 0. The van der Waals surface area contributed by atoms with Gasteiger partial charge in [0.25, 0.3) is 0 Å². The van der Waals surface area contributed by atoms with Crippen LogP contribution in [0.25, 0.3) is 0 Å². The molecular formula is C14H16N4O. The Morgan fingerprint density at radius 2 is 1.95 bits per heavy atom. The van der Waals surface area contributed by atoms with Gasteiger partial charge in [0.1, 0.15) is 11.6 Å². The number of nitrogen functional groups attached to an aromatic ring is 1. The third-order valence-corrected chi connectivity index (χ3v) is 2.90. The molecule has 0 unspecified atom stereocenters. The largest absolute Gasteiger partial charge is 0.437 e. The predicted molar refractivity (Wildman–Crippen MR) is 73.8 cm³/mol. The van der Waals surface area contributed by atoms with Gasteiger partial charge in [-0.25, -0.2) is 0 Å². The van der Waals surface area contributed by atoms with Crippen LogP contribution < -0.4 is 10.5 Å². The van der Waals surface area contributed by atoms with Crippen LogP contribution in [-0.4, -0.2) is 16.0 Å². The number of hydrogen-bond donors (Lipinski definition) is 2. The molecule has 5 nitrogen and oxygen atoms in total. The number of rotatable bonds is 3. The molecule has 1 heterocycles. The molecule has 3 N–H and O–H groups in total. The van der Waals surface area contributed by atoms with Crippen LogP contribution >= 0.6 is 0 Å². The molecule has 0 aliphatic carbocycles. The number of hydrogen-bond acceptors (Lipinski definition) is 4. The number of aryl methyl sites for hydroxylation is 2. The number of nitrogens with two attached hydrogens (primary N) is 1. The Bertz CT molecular complexity index is 637. The van der Waals surface area contributed by atoms with Crippen LogP contribution in [0, 0.1) is 26.2 Å². The standard InChI is InChI=1S/C14H16N4O/c1-8-5-4-6-11(7-8)19-14-12(13(15)16)9(2)10(3)17-18-14/h4-7H,1-3H3,(H3,15,16). The van der Waals surface area contributed by atoms with Gasteiger partial charge in [-0.3, -0.25) is 5.41 Å². The van der Waals surface area contributed by atoms with Crippen molar-refractivity contribution >= 4 is 5.84 Å². The molecule has 0 atom stereocenters. The van der Waals surface area contributed by atoms with Crippen molar-refractivity contribution < 1.29 is 4.74 Å². The molecule has 0 aliphatic heterocycles. The molecule has 1 aromatic heterocycles. The van der Waals surface area contributed by atoms with E-state index < -0.39 is 0 Å². The summed E-state index contributed by atoms with van der Waals surface area (Å²) in [6.07, 6.45) is 0.